The average molecular weight is 479 g/mol. The third-order valence-corrected chi connectivity index (χ3v) is 8.89. The number of rotatable bonds is 1. The van der Waals surface area contributed by atoms with Gasteiger partial charge in [0.2, 0.25) is 0 Å². The third-order valence-electron chi connectivity index (χ3n) is 7.20. The molecule has 0 amide bonds. The first-order chi connectivity index (χ1) is 13.3. The van der Waals surface area contributed by atoms with Crippen LogP contribution in [0.5, 0.6) is 0 Å². The first-order valence-electron chi connectivity index (χ1n) is 10.0. The Labute approximate surface area is 181 Å². The summed E-state index contributed by atoms with van der Waals surface area (Å²) < 4.78 is 1.11. The smallest absolute Gasteiger partial charge is 0.0478 e. The van der Waals surface area contributed by atoms with Gasteiger partial charge in [0.1, 0.15) is 0 Å². The largest absolute Gasteiger partial charge is 0.399 e. The van der Waals surface area contributed by atoms with E-state index in [0.29, 0.717) is 0 Å². The Hall–Kier alpha value is -1.81. The van der Waals surface area contributed by atoms with Crippen molar-refractivity contribution >= 4 is 28.3 Å². The van der Waals surface area contributed by atoms with Gasteiger partial charge in [0, 0.05) is 20.9 Å². The van der Waals surface area contributed by atoms with Gasteiger partial charge >= 0.3 is 0 Å². The fourth-order valence-electron chi connectivity index (χ4n) is 6.11. The predicted molar refractivity (Wildman–Crippen MR) is 128 cm³/mol. The number of nitrogens with two attached hydrogens (primary N) is 1. The number of hydrogen-bond acceptors (Lipinski definition) is 1. The topological polar surface area (TPSA) is 26.0 Å². The van der Waals surface area contributed by atoms with Gasteiger partial charge in [0.25, 0.3) is 0 Å². The summed E-state index contributed by atoms with van der Waals surface area (Å²) in [6, 6.07) is 17.9. The van der Waals surface area contributed by atoms with E-state index in [4.69, 9.17) is 5.73 Å². The van der Waals surface area contributed by atoms with Gasteiger partial charge in [0.15, 0.2) is 0 Å². The lowest BCUT2D eigenvalue weighted by Gasteiger charge is -2.32. The van der Waals surface area contributed by atoms with Crippen LogP contribution in [0.1, 0.15) is 52.3 Å². The van der Waals surface area contributed by atoms with Crippen molar-refractivity contribution in [3.8, 4) is 11.1 Å². The van der Waals surface area contributed by atoms with E-state index in [2.05, 4.69) is 98.8 Å². The standard InChI is InChI=1S/C26H26IN/c1-15-11-16(2)23-24(17(15)3)25(4,14-27)13-26(23)21-8-6-5-7-19(21)20-10-9-18(28)12-22(20)26/h5-12H,13-14,28H2,1-4H3. The van der Waals surface area contributed by atoms with E-state index in [1.165, 1.54) is 44.5 Å². The molecule has 1 nitrogen and oxygen atoms in total. The molecule has 2 heteroatoms. The Morgan fingerprint density at radius 1 is 0.893 bits per heavy atom. The summed E-state index contributed by atoms with van der Waals surface area (Å²) in [5, 5.41) is 0. The summed E-state index contributed by atoms with van der Waals surface area (Å²) in [6.07, 6.45) is 1.11. The van der Waals surface area contributed by atoms with E-state index in [-0.39, 0.29) is 10.8 Å². The Morgan fingerprint density at radius 2 is 1.61 bits per heavy atom. The van der Waals surface area contributed by atoms with Gasteiger partial charge in [0.05, 0.1) is 0 Å². The zero-order valence-electron chi connectivity index (χ0n) is 17.0. The number of alkyl halides is 1. The van der Waals surface area contributed by atoms with E-state index in [1.807, 2.05) is 0 Å². The van der Waals surface area contributed by atoms with Gasteiger partial charge < -0.3 is 5.73 Å². The number of halogens is 1. The van der Waals surface area contributed by atoms with Gasteiger partial charge in [-0.2, -0.15) is 0 Å². The maximum Gasteiger partial charge on any atom is 0.0478 e. The quantitative estimate of drug-likeness (QED) is 0.237. The van der Waals surface area contributed by atoms with Crippen molar-refractivity contribution in [2.45, 2.75) is 44.9 Å². The van der Waals surface area contributed by atoms with Crippen molar-refractivity contribution < 1.29 is 0 Å². The second kappa shape index (κ2) is 5.85. The van der Waals surface area contributed by atoms with Crippen molar-refractivity contribution in [2.75, 3.05) is 10.2 Å². The third kappa shape index (κ3) is 2.07. The molecule has 142 valence electrons. The lowest BCUT2D eigenvalue weighted by molar-refractivity contribution is 0.460. The highest BCUT2D eigenvalue weighted by molar-refractivity contribution is 14.1. The number of nitrogen functional groups attached to an aromatic ring is 1. The molecule has 0 saturated heterocycles. The van der Waals surface area contributed by atoms with Crippen molar-refractivity contribution in [3.63, 3.8) is 0 Å². The van der Waals surface area contributed by atoms with Crippen LogP contribution < -0.4 is 5.73 Å². The molecule has 3 aromatic carbocycles. The van der Waals surface area contributed by atoms with E-state index in [1.54, 1.807) is 5.56 Å². The molecule has 0 bridgehead atoms. The predicted octanol–water partition coefficient (Wildman–Crippen LogP) is 6.61. The van der Waals surface area contributed by atoms with Gasteiger partial charge in [-0.05, 0) is 89.4 Å². The number of aryl methyl sites for hydroxylation is 2. The SMILES string of the molecule is Cc1cc(C)c2c(c1C)C(C)(CI)CC21c2ccccc2-c2ccc(N)cc21. The summed E-state index contributed by atoms with van der Waals surface area (Å²) in [5.74, 6) is 0. The highest BCUT2D eigenvalue weighted by Gasteiger charge is 2.56. The molecule has 2 atom stereocenters. The normalized spacial score (nSPS) is 24.3. The van der Waals surface area contributed by atoms with Crippen LogP contribution in [-0.4, -0.2) is 4.43 Å². The number of benzene rings is 3. The van der Waals surface area contributed by atoms with E-state index in [0.717, 1.165) is 16.5 Å². The van der Waals surface area contributed by atoms with Crippen molar-refractivity contribution in [1.29, 1.82) is 0 Å². The van der Waals surface area contributed by atoms with E-state index >= 15 is 0 Å². The highest BCUT2D eigenvalue weighted by Crippen LogP contribution is 2.64. The summed E-state index contributed by atoms with van der Waals surface area (Å²) in [7, 11) is 0. The first-order valence-corrected chi connectivity index (χ1v) is 11.5. The minimum absolute atomic E-state index is 0.0981. The van der Waals surface area contributed by atoms with Gasteiger partial charge in [-0.3, -0.25) is 0 Å². The van der Waals surface area contributed by atoms with Crippen molar-refractivity contribution in [1.82, 2.24) is 0 Å². The molecule has 3 aromatic rings. The molecule has 0 heterocycles. The Balaban J connectivity index is 1.99. The molecule has 0 fully saturated rings. The summed E-state index contributed by atoms with van der Waals surface area (Å²) in [5.41, 5.74) is 20.2. The second-order valence-electron chi connectivity index (χ2n) is 9.01. The molecular formula is C26H26IN. The molecule has 0 radical (unpaired) electrons. The lowest BCUT2D eigenvalue weighted by atomic mass is 9.70. The molecule has 28 heavy (non-hydrogen) atoms. The number of fused-ring (bicyclic) bond motifs is 7. The summed E-state index contributed by atoms with van der Waals surface area (Å²) in [4.78, 5) is 0. The van der Waals surface area contributed by atoms with Gasteiger partial charge in [-0.15, -0.1) is 0 Å². The molecule has 2 aliphatic rings. The molecule has 5 rings (SSSR count). The minimum Gasteiger partial charge on any atom is -0.399 e. The average Bonchev–Trinajstić information content (AvgIpc) is 3.11. The summed E-state index contributed by atoms with van der Waals surface area (Å²) >= 11 is 2.59. The van der Waals surface area contributed by atoms with Crippen LogP contribution in [0.2, 0.25) is 0 Å². The number of anilines is 1. The van der Waals surface area contributed by atoms with E-state index in [9.17, 15) is 0 Å². The highest BCUT2D eigenvalue weighted by atomic mass is 127. The van der Waals surface area contributed by atoms with Gasteiger partial charge in [-0.1, -0.05) is 65.9 Å². The maximum atomic E-state index is 6.33. The molecule has 0 aliphatic heterocycles. The first kappa shape index (κ1) is 18.2. The molecule has 2 unspecified atom stereocenters. The second-order valence-corrected chi connectivity index (χ2v) is 9.78. The summed E-state index contributed by atoms with van der Waals surface area (Å²) in [6.45, 7) is 9.35. The van der Waals surface area contributed by atoms with Crippen LogP contribution >= 0.6 is 22.6 Å². The van der Waals surface area contributed by atoms with Crippen molar-refractivity contribution in [2.24, 2.45) is 0 Å². The van der Waals surface area contributed by atoms with Crippen LogP contribution in [0.3, 0.4) is 0 Å². The monoisotopic (exact) mass is 479 g/mol. The Morgan fingerprint density at radius 3 is 2.36 bits per heavy atom. The number of hydrogen-bond donors (Lipinski definition) is 1. The van der Waals surface area contributed by atoms with Gasteiger partial charge in [-0.25, -0.2) is 0 Å². The van der Waals surface area contributed by atoms with Crippen molar-refractivity contribution in [3.05, 3.63) is 87.5 Å². The fraction of sp³-hybridized carbons (Fsp3) is 0.308. The lowest BCUT2D eigenvalue weighted by Crippen LogP contribution is -2.29. The van der Waals surface area contributed by atoms with Crippen LogP contribution in [-0.2, 0) is 10.8 Å². The van der Waals surface area contributed by atoms with Crippen LogP contribution in [0.4, 0.5) is 5.69 Å². The molecule has 0 aromatic heterocycles. The Bertz CT molecular complexity index is 1150. The van der Waals surface area contributed by atoms with Crippen LogP contribution in [0.15, 0.2) is 48.5 Å². The molecule has 1 spiro atoms. The van der Waals surface area contributed by atoms with Crippen LogP contribution in [0.25, 0.3) is 11.1 Å². The zero-order chi connectivity index (χ0) is 19.8. The molecule has 0 saturated carbocycles. The van der Waals surface area contributed by atoms with E-state index < -0.39 is 0 Å². The van der Waals surface area contributed by atoms with Crippen LogP contribution in [0, 0.1) is 20.8 Å². The molecular weight excluding hydrogens is 453 g/mol. The minimum atomic E-state index is -0.0981. The fourth-order valence-corrected chi connectivity index (χ4v) is 6.76. The Kier molecular flexibility index (Phi) is 3.81. The molecule has 2 aliphatic carbocycles. The zero-order valence-corrected chi connectivity index (χ0v) is 19.1. The molecule has 2 N–H and O–H groups in total. The maximum absolute atomic E-state index is 6.33.